The molecule has 0 spiro atoms. The summed E-state index contributed by atoms with van der Waals surface area (Å²) in [5, 5.41) is 4.00. The van der Waals surface area contributed by atoms with Crippen LogP contribution in [0.3, 0.4) is 0 Å². The molecule has 5 aromatic rings. The smallest absolute Gasteiger partial charge is 0.263 e. The number of aryl methyl sites for hydroxylation is 1. The number of fused-ring (bicyclic) bond motifs is 1. The molecule has 0 aliphatic carbocycles. The largest absolute Gasteiger partial charge is 0.495 e. The maximum Gasteiger partial charge on any atom is 0.263 e. The minimum Gasteiger partial charge on any atom is -0.495 e. The molecule has 2 heterocycles. The second-order valence-corrected chi connectivity index (χ2v) is 9.77. The first-order valence-electron chi connectivity index (χ1n) is 10.8. The van der Waals surface area contributed by atoms with Gasteiger partial charge in [-0.3, -0.25) is 14.1 Å². The fourth-order valence-corrected chi connectivity index (χ4v) is 5.04. The molecule has 0 aliphatic heterocycles. The van der Waals surface area contributed by atoms with Crippen molar-refractivity contribution in [3.8, 4) is 22.6 Å². The summed E-state index contributed by atoms with van der Waals surface area (Å²) in [7, 11) is -2.53. The van der Waals surface area contributed by atoms with Crippen molar-refractivity contribution in [2.75, 3.05) is 11.8 Å². The third-order valence-corrected chi connectivity index (χ3v) is 7.04. The number of sulfonamides is 1. The molecule has 182 valence electrons. The van der Waals surface area contributed by atoms with Gasteiger partial charge in [0.1, 0.15) is 17.8 Å². The van der Waals surface area contributed by atoms with Gasteiger partial charge in [0.2, 0.25) is 0 Å². The number of nitrogens with one attached hydrogen (secondary N) is 1. The zero-order valence-electron chi connectivity index (χ0n) is 19.2. The Bertz CT molecular complexity index is 1760. The van der Waals surface area contributed by atoms with E-state index < -0.39 is 21.4 Å². The molecule has 5 rings (SSSR count). The van der Waals surface area contributed by atoms with Crippen molar-refractivity contribution >= 4 is 26.7 Å². The van der Waals surface area contributed by atoms with Gasteiger partial charge in [0, 0.05) is 29.1 Å². The van der Waals surface area contributed by atoms with Crippen molar-refractivity contribution in [1.82, 2.24) is 9.72 Å². The van der Waals surface area contributed by atoms with Crippen molar-refractivity contribution in [3.05, 3.63) is 101 Å². The van der Waals surface area contributed by atoms with Gasteiger partial charge in [0.05, 0.1) is 23.2 Å². The lowest BCUT2D eigenvalue weighted by atomic mass is 10.0. The molecule has 0 unspecified atom stereocenters. The van der Waals surface area contributed by atoms with Gasteiger partial charge in [-0.05, 0) is 42.8 Å². The molecule has 0 saturated heterocycles. The van der Waals surface area contributed by atoms with E-state index in [-0.39, 0.29) is 22.2 Å². The van der Waals surface area contributed by atoms with Crippen LogP contribution < -0.4 is 15.0 Å². The molecule has 0 atom stereocenters. The number of hydrogen-bond donors (Lipinski definition) is 1. The van der Waals surface area contributed by atoms with Crippen LogP contribution in [0.2, 0.25) is 0 Å². The van der Waals surface area contributed by atoms with E-state index in [0.29, 0.717) is 22.0 Å². The van der Waals surface area contributed by atoms with E-state index in [1.165, 1.54) is 60.4 Å². The number of pyridine rings is 1. The number of ether oxygens (including phenoxy) is 1. The summed E-state index contributed by atoms with van der Waals surface area (Å²) < 4.78 is 54.7. The number of anilines is 1. The number of methoxy groups -OCH3 is 1. The first-order chi connectivity index (χ1) is 17.3. The zero-order chi connectivity index (χ0) is 25.4. The number of hydrogen-bond acceptors (Lipinski definition) is 6. The van der Waals surface area contributed by atoms with Crippen molar-refractivity contribution in [1.29, 1.82) is 0 Å². The van der Waals surface area contributed by atoms with Gasteiger partial charge in [-0.25, -0.2) is 12.8 Å². The highest BCUT2D eigenvalue weighted by Gasteiger charge is 2.19. The van der Waals surface area contributed by atoms with Gasteiger partial charge in [-0.15, -0.1) is 0 Å². The normalized spacial score (nSPS) is 11.5. The predicted molar refractivity (Wildman–Crippen MR) is 134 cm³/mol. The van der Waals surface area contributed by atoms with Crippen LogP contribution >= 0.6 is 0 Å². The molecule has 0 amide bonds. The molecule has 8 nitrogen and oxygen atoms in total. The molecular weight excluding hydrogens is 485 g/mol. The first kappa shape index (κ1) is 23.3. The molecule has 0 radical (unpaired) electrons. The fourth-order valence-electron chi connectivity index (χ4n) is 4.02. The summed E-state index contributed by atoms with van der Waals surface area (Å²) in [4.78, 5) is 12.9. The van der Waals surface area contributed by atoms with E-state index in [1.807, 2.05) is 25.1 Å². The number of nitrogens with zero attached hydrogens (tertiary/aromatic N) is 2. The quantitative estimate of drug-likeness (QED) is 0.352. The van der Waals surface area contributed by atoms with Gasteiger partial charge in [0.25, 0.3) is 15.6 Å². The maximum atomic E-state index is 15.3. The Morgan fingerprint density at radius 1 is 1.03 bits per heavy atom. The molecule has 0 aliphatic rings. The molecular formula is C26H20FN3O5S. The summed E-state index contributed by atoms with van der Waals surface area (Å²) in [6.07, 6.45) is 1.24. The molecule has 0 saturated carbocycles. The lowest BCUT2D eigenvalue weighted by Gasteiger charge is -2.16. The van der Waals surface area contributed by atoms with E-state index in [2.05, 4.69) is 14.4 Å². The van der Waals surface area contributed by atoms with Crippen LogP contribution in [0.5, 0.6) is 5.75 Å². The van der Waals surface area contributed by atoms with Crippen molar-refractivity contribution < 1.29 is 22.1 Å². The van der Waals surface area contributed by atoms with Gasteiger partial charge >= 0.3 is 0 Å². The highest BCUT2D eigenvalue weighted by molar-refractivity contribution is 7.92. The van der Waals surface area contributed by atoms with E-state index in [1.54, 1.807) is 12.1 Å². The Kier molecular flexibility index (Phi) is 5.81. The third kappa shape index (κ3) is 4.22. The monoisotopic (exact) mass is 505 g/mol. The molecule has 3 aromatic carbocycles. The average molecular weight is 506 g/mol. The highest BCUT2D eigenvalue weighted by Crippen LogP contribution is 2.34. The Hall–Kier alpha value is -4.44. The summed E-state index contributed by atoms with van der Waals surface area (Å²) >= 11 is 0. The van der Waals surface area contributed by atoms with Gasteiger partial charge in [-0.2, -0.15) is 0 Å². The van der Waals surface area contributed by atoms with Crippen LogP contribution in [0.1, 0.15) is 5.56 Å². The molecule has 0 bridgehead atoms. The Balaban J connectivity index is 1.65. The first-order valence-corrected chi connectivity index (χ1v) is 12.3. The molecule has 10 heteroatoms. The van der Waals surface area contributed by atoms with Crippen molar-refractivity contribution in [2.45, 2.75) is 11.8 Å². The lowest BCUT2D eigenvalue weighted by Crippen LogP contribution is -2.19. The van der Waals surface area contributed by atoms with E-state index >= 15 is 4.39 Å². The maximum absolute atomic E-state index is 15.3. The van der Waals surface area contributed by atoms with E-state index in [0.717, 1.165) is 5.56 Å². The lowest BCUT2D eigenvalue weighted by molar-refractivity contribution is 0.412. The van der Waals surface area contributed by atoms with Crippen molar-refractivity contribution in [3.63, 3.8) is 0 Å². The number of halogens is 1. The average Bonchev–Trinajstić information content (AvgIpc) is 3.36. The van der Waals surface area contributed by atoms with Crippen LogP contribution in [0.15, 0.2) is 93.3 Å². The Labute approximate surface area is 205 Å². The minimum absolute atomic E-state index is 0.0361. The topological polar surface area (TPSA) is 103 Å². The minimum atomic E-state index is -3.97. The second-order valence-electron chi connectivity index (χ2n) is 8.09. The second kappa shape index (κ2) is 8.97. The van der Waals surface area contributed by atoms with Crippen LogP contribution in [0.4, 0.5) is 10.2 Å². The summed E-state index contributed by atoms with van der Waals surface area (Å²) in [6, 6.07) is 18.6. The standard InChI is InChI=1S/C26H20FN3O5S/c1-16-4-3-5-17(12-16)20-14-24(34-2)23(15-21(20)27)30-22-8-7-19(13-18(22)6-9-26(30)31)36(32,33)29-25-10-11-35-28-25/h3-15H,1-2H3,(H,28,29). The predicted octanol–water partition coefficient (Wildman–Crippen LogP) is 4.90. The molecule has 1 N–H and O–H groups in total. The van der Waals surface area contributed by atoms with E-state index in [9.17, 15) is 13.2 Å². The Morgan fingerprint density at radius 2 is 1.86 bits per heavy atom. The SMILES string of the molecule is COc1cc(-c2cccc(C)c2)c(F)cc1-n1c(=O)ccc2cc(S(=O)(=O)Nc3ccon3)ccc21. The van der Waals surface area contributed by atoms with Crippen LogP contribution in [-0.2, 0) is 10.0 Å². The summed E-state index contributed by atoms with van der Waals surface area (Å²) in [6.45, 7) is 1.92. The van der Waals surface area contributed by atoms with E-state index in [4.69, 9.17) is 4.74 Å². The molecule has 36 heavy (non-hydrogen) atoms. The molecule has 0 fully saturated rings. The van der Waals surface area contributed by atoms with Gasteiger partial charge < -0.3 is 9.26 Å². The van der Waals surface area contributed by atoms with Crippen LogP contribution in [-0.4, -0.2) is 25.3 Å². The van der Waals surface area contributed by atoms with Crippen LogP contribution in [0, 0.1) is 12.7 Å². The summed E-state index contributed by atoms with van der Waals surface area (Å²) in [5.41, 5.74) is 2.13. The van der Waals surface area contributed by atoms with Gasteiger partial charge in [0.15, 0.2) is 5.82 Å². The van der Waals surface area contributed by atoms with Gasteiger partial charge in [-0.1, -0.05) is 35.0 Å². The number of aromatic nitrogens is 2. The number of benzene rings is 3. The summed E-state index contributed by atoms with van der Waals surface area (Å²) in [5.74, 6) is -0.211. The molecule has 2 aromatic heterocycles. The number of rotatable bonds is 6. The Morgan fingerprint density at radius 3 is 2.58 bits per heavy atom. The highest BCUT2D eigenvalue weighted by atomic mass is 32.2. The fraction of sp³-hybridized carbons (Fsp3) is 0.0769. The van der Waals surface area contributed by atoms with Crippen molar-refractivity contribution in [2.24, 2.45) is 0 Å². The zero-order valence-corrected chi connectivity index (χ0v) is 20.0. The van der Waals surface area contributed by atoms with Crippen LogP contribution in [0.25, 0.3) is 27.7 Å². The third-order valence-electron chi connectivity index (χ3n) is 5.69.